The fourth-order valence-corrected chi connectivity index (χ4v) is 4.49. The Morgan fingerprint density at radius 2 is 1.90 bits per heavy atom. The van der Waals surface area contributed by atoms with Crippen molar-refractivity contribution in [3.05, 3.63) is 70.9 Å². The van der Waals surface area contributed by atoms with Crippen molar-refractivity contribution in [1.29, 1.82) is 0 Å². The van der Waals surface area contributed by atoms with Gasteiger partial charge in [-0.25, -0.2) is 17.9 Å². The van der Waals surface area contributed by atoms with E-state index in [4.69, 9.17) is 9.66 Å². The number of benzene rings is 2. The van der Waals surface area contributed by atoms with Crippen LogP contribution in [-0.4, -0.2) is 19.5 Å². The van der Waals surface area contributed by atoms with Gasteiger partial charge in [-0.3, -0.25) is 4.79 Å². The second-order valence-electron chi connectivity index (χ2n) is 6.20. The summed E-state index contributed by atoms with van der Waals surface area (Å²) in [5.74, 6) is -0.272. The predicted molar refractivity (Wildman–Crippen MR) is 106 cm³/mol. The van der Waals surface area contributed by atoms with Crippen LogP contribution in [0.5, 0.6) is 0 Å². The highest BCUT2D eigenvalue weighted by Crippen LogP contribution is 2.29. The average Bonchev–Trinajstić information content (AvgIpc) is 3.33. The van der Waals surface area contributed by atoms with Gasteiger partial charge in [0.1, 0.15) is 15.5 Å². The number of carbonyl (C=O) groups excluding carboxylic acids is 1. The van der Waals surface area contributed by atoms with Crippen molar-refractivity contribution in [2.24, 2.45) is 5.14 Å². The highest BCUT2D eigenvalue weighted by atomic mass is 32.2. The molecular weight excluding hydrogens is 417 g/mol. The summed E-state index contributed by atoms with van der Waals surface area (Å²) < 4.78 is 41.2. The van der Waals surface area contributed by atoms with Crippen molar-refractivity contribution in [2.45, 2.75) is 10.8 Å². The fourth-order valence-electron chi connectivity index (χ4n) is 2.77. The Morgan fingerprint density at radius 1 is 1.14 bits per heavy atom. The lowest BCUT2D eigenvalue weighted by Gasteiger charge is -2.04. The quantitative estimate of drug-likeness (QED) is 0.503. The molecular formula is C19H14FN3O4S2. The zero-order chi connectivity index (χ0) is 20.6. The first-order chi connectivity index (χ1) is 13.8. The number of carbonyl (C=O) groups is 1. The molecule has 1 amide bonds. The third kappa shape index (κ3) is 4.04. The Morgan fingerprint density at radius 3 is 2.59 bits per heavy atom. The Labute approximate surface area is 169 Å². The van der Waals surface area contributed by atoms with Gasteiger partial charge in [0.2, 0.25) is 10.0 Å². The van der Waals surface area contributed by atoms with Crippen LogP contribution in [0.4, 0.5) is 4.39 Å². The maximum Gasteiger partial charge on any atom is 0.251 e. The molecule has 0 spiro atoms. The Balaban J connectivity index is 1.56. The third-order valence-corrected chi connectivity index (χ3v) is 6.71. The number of rotatable bonds is 5. The van der Waals surface area contributed by atoms with E-state index in [9.17, 15) is 17.6 Å². The number of nitrogens with two attached hydrogens (primary N) is 1. The smallest absolute Gasteiger partial charge is 0.251 e. The van der Waals surface area contributed by atoms with E-state index < -0.39 is 10.0 Å². The van der Waals surface area contributed by atoms with Gasteiger partial charge < -0.3 is 9.84 Å². The number of sulfonamides is 1. The van der Waals surface area contributed by atoms with Gasteiger partial charge in [-0.1, -0.05) is 5.16 Å². The van der Waals surface area contributed by atoms with E-state index >= 15 is 0 Å². The van der Waals surface area contributed by atoms with Crippen molar-refractivity contribution in [3.8, 4) is 11.3 Å². The van der Waals surface area contributed by atoms with E-state index in [0.29, 0.717) is 32.7 Å². The third-order valence-electron chi connectivity index (χ3n) is 4.19. The van der Waals surface area contributed by atoms with E-state index in [-0.39, 0.29) is 22.5 Å². The number of primary sulfonamides is 1. The lowest BCUT2D eigenvalue weighted by atomic mass is 10.1. The van der Waals surface area contributed by atoms with Crippen molar-refractivity contribution in [2.75, 3.05) is 0 Å². The minimum Gasteiger partial charge on any atom is -0.355 e. The van der Waals surface area contributed by atoms with E-state index in [1.807, 2.05) is 0 Å². The largest absolute Gasteiger partial charge is 0.355 e. The van der Waals surface area contributed by atoms with Gasteiger partial charge in [0.05, 0.1) is 11.9 Å². The molecule has 0 aliphatic rings. The molecule has 2 heterocycles. The number of fused-ring (bicyclic) bond motifs is 1. The summed E-state index contributed by atoms with van der Waals surface area (Å²) in [6.07, 6.45) is 0. The molecule has 2 aromatic carbocycles. The normalized spacial score (nSPS) is 11.7. The molecule has 4 rings (SSSR count). The van der Waals surface area contributed by atoms with Crippen molar-refractivity contribution >= 4 is 38.2 Å². The first kappa shape index (κ1) is 19.2. The second-order valence-corrected chi connectivity index (χ2v) is 9.16. The summed E-state index contributed by atoms with van der Waals surface area (Å²) in [6, 6.07) is 13.7. The monoisotopic (exact) mass is 431 g/mol. The second kappa shape index (κ2) is 7.39. The molecule has 0 radical (unpaired) electrons. The number of nitrogens with one attached hydrogen (secondary N) is 1. The van der Waals surface area contributed by atoms with Crippen LogP contribution in [0.1, 0.15) is 15.2 Å². The molecule has 0 aliphatic carbocycles. The van der Waals surface area contributed by atoms with Gasteiger partial charge >= 0.3 is 0 Å². The molecule has 0 fully saturated rings. The number of aromatic nitrogens is 1. The molecule has 2 aromatic heterocycles. The maximum atomic E-state index is 13.2. The minimum atomic E-state index is -3.76. The van der Waals surface area contributed by atoms with Crippen molar-refractivity contribution in [3.63, 3.8) is 0 Å². The van der Waals surface area contributed by atoms with Crippen LogP contribution < -0.4 is 10.5 Å². The van der Waals surface area contributed by atoms with Gasteiger partial charge in [-0.05, 0) is 54.6 Å². The standard InChI is InChI=1S/C19H14FN3O4S2/c20-13-4-1-11(2-5-13)18-15-9-12(3-7-16(15)23-27-18)19(24)22-10-14-6-8-17(28-14)29(21,25)26/h1-9H,10H2,(H,22,24)(H2,21,25,26). The number of hydrogen-bond donors (Lipinski definition) is 2. The zero-order valence-electron chi connectivity index (χ0n) is 14.8. The van der Waals surface area contributed by atoms with Gasteiger partial charge in [0, 0.05) is 16.0 Å². The topological polar surface area (TPSA) is 115 Å². The van der Waals surface area contributed by atoms with E-state index in [1.165, 1.54) is 18.2 Å². The molecule has 3 N–H and O–H groups in total. The molecule has 10 heteroatoms. The average molecular weight is 431 g/mol. The van der Waals surface area contributed by atoms with Gasteiger partial charge in [0.15, 0.2) is 5.76 Å². The Bertz CT molecular complexity index is 1310. The van der Waals surface area contributed by atoms with E-state index in [2.05, 4.69) is 10.5 Å². The molecule has 7 nitrogen and oxygen atoms in total. The number of amides is 1. The molecule has 0 unspecified atom stereocenters. The Kier molecular flexibility index (Phi) is 4.91. The van der Waals surface area contributed by atoms with Crippen LogP contribution in [0.25, 0.3) is 22.2 Å². The van der Waals surface area contributed by atoms with Gasteiger partial charge in [-0.2, -0.15) is 0 Å². The fraction of sp³-hybridized carbons (Fsp3) is 0.0526. The molecule has 0 aliphatic heterocycles. The first-order valence-electron chi connectivity index (χ1n) is 8.36. The molecule has 0 bridgehead atoms. The van der Waals surface area contributed by atoms with E-state index in [0.717, 1.165) is 11.3 Å². The zero-order valence-corrected chi connectivity index (χ0v) is 16.4. The van der Waals surface area contributed by atoms with Crippen LogP contribution in [0, 0.1) is 5.82 Å². The van der Waals surface area contributed by atoms with Crippen LogP contribution in [-0.2, 0) is 16.6 Å². The lowest BCUT2D eigenvalue weighted by molar-refractivity contribution is 0.0951. The molecule has 148 valence electrons. The Hall–Kier alpha value is -3.08. The first-order valence-corrected chi connectivity index (χ1v) is 10.7. The lowest BCUT2D eigenvalue weighted by Crippen LogP contribution is -2.22. The van der Waals surface area contributed by atoms with Crippen LogP contribution in [0.3, 0.4) is 0 Å². The summed E-state index contributed by atoms with van der Waals surface area (Å²) in [6.45, 7) is 0.158. The summed E-state index contributed by atoms with van der Waals surface area (Å²) >= 11 is 0.998. The van der Waals surface area contributed by atoms with Crippen LogP contribution >= 0.6 is 11.3 Å². The molecule has 0 saturated carbocycles. The molecule has 0 atom stereocenters. The van der Waals surface area contributed by atoms with Crippen molar-refractivity contribution < 1.29 is 22.1 Å². The molecule has 29 heavy (non-hydrogen) atoms. The number of thiophene rings is 1. The van der Waals surface area contributed by atoms with Crippen molar-refractivity contribution in [1.82, 2.24) is 10.5 Å². The van der Waals surface area contributed by atoms with Crippen LogP contribution in [0.15, 0.2) is 63.3 Å². The number of nitrogens with zero attached hydrogens (tertiary/aromatic N) is 1. The molecule has 4 aromatic rings. The highest BCUT2D eigenvalue weighted by molar-refractivity contribution is 7.91. The van der Waals surface area contributed by atoms with E-state index in [1.54, 1.807) is 36.4 Å². The van der Waals surface area contributed by atoms with Gasteiger partial charge in [-0.15, -0.1) is 11.3 Å². The highest BCUT2D eigenvalue weighted by Gasteiger charge is 2.15. The summed E-state index contributed by atoms with van der Waals surface area (Å²) in [5.41, 5.74) is 1.59. The minimum absolute atomic E-state index is 0.0385. The maximum absolute atomic E-state index is 13.2. The number of halogens is 1. The number of hydrogen-bond acceptors (Lipinski definition) is 6. The summed E-state index contributed by atoms with van der Waals surface area (Å²) in [4.78, 5) is 13.2. The van der Waals surface area contributed by atoms with Gasteiger partial charge in [0.25, 0.3) is 5.91 Å². The summed E-state index contributed by atoms with van der Waals surface area (Å²) in [5, 5.41) is 12.4. The van der Waals surface area contributed by atoms with Crippen LogP contribution in [0.2, 0.25) is 0 Å². The predicted octanol–water partition coefficient (Wildman–Crippen LogP) is 3.27. The molecule has 0 saturated heterocycles. The SMILES string of the molecule is NS(=O)(=O)c1ccc(CNC(=O)c2ccc3noc(-c4ccc(F)cc4)c3c2)s1. The summed E-state index contributed by atoms with van der Waals surface area (Å²) in [7, 11) is -3.76.